The third-order valence-electron chi connectivity index (χ3n) is 5.53. The van der Waals surface area contributed by atoms with Gasteiger partial charge in [0.25, 0.3) is 0 Å². The summed E-state index contributed by atoms with van der Waals surface area (Å²) in [6, 6.07) is 5.07. The summed E-state index contributed by atoms with van der Waals surface area (Å²) in [6.07, 6.45) is 6.54. The smallest absolute Gasteiger partial charge is 0.244 e. The molecule has 5 rings (SSSR count). The van der Waals surface area contributed by atoms with E-state index in [0.29, 0.717) is 29.6 Å². The fourth-order valence-electron chi connectivity index (χ4n) is 4.12. The summed E-state index contributed by atoms with van der Waals surface area (Å²) >= 11 is 6.38. The number of carbonyl (C=O) groups excluding carboxylic acids is 1. The molecule has 4 heterocycles. The van der Waals surface area contributed by atoms with Crippen molar-refractivity contribution in [2.45, 2.75) is 32.0 Å². The lowest BCUT2D eigenvalue weighted by Gasteiger charge is -2.42. The molecule has 8 nitrogen and oxygen atoms in total. The molecule has 4 aromatic rings. The molecule has 160 valence electrons. The van der Waals surface area contributed by atoms with E-state index in [1.807, 2.05) is 26.0 Å². The molecule has 1 atom stereocenters. The summed E-state index contributed by atoms with van der Waals surface area (Å²) in [6.45, 7) is 5.33. The van der Waals surface area contributed by atoms with Gasteiger partial charge < -0.3 is 19.5 Å². The molecule has 0 radical (unpaired) electrons. The number of halogens is 1. The van der Waals surface area contributed by atoms with Crippen LogP contribution in [0.3, 0.4) is 0 Å². The molecule has 0 saturated carbocycles. The second-order valence-corrected chi connectivity index (χ2v) is 8.81. The van der Waals surface area contributed by atoms with Crippen LogP contribution in [-0.4, -0.2) is 50.6 Å². The molecule has 31 heavy (non-hydrogen) atoms. The number of hydrogen-bond donors (Lipinski definition) is 2. The fourth-order valence-corrected chi connectivity index (χ4v) is 4.33. The average molecular weight is 440 g/mol. The maximum atomic E-state index is 13.3. The molecule has 0 spiro atoms. The summed E-state index contributed by atoms with van der Waals surface area (Å²) in [7, 11) is 0. The van der Waals surface area contributed by atoms with Crippen LogP contribution in [0.4, 0.5) is 5.69 Å². The molecule has 1 fully saturated rings. The lowest BCUT2D eigenvalue weighted by atomic mass is 10.0. The number of anilines is 1. The minimum atomic E-state index is -0.488. The van der Waals surface area contributed by atoms with Crippen LogP contribution >= 0.6 is 11.6 Å². The Kier molecular flexibility index (Phi) is 4.92. The molecule has 2 N–H and O–H groups in total. The number of amides is 1. The van der Waals surface area contributed by atoms with E-state index >= 15 is 0 Å². The maximum absolute atomic E-state index is 13.3. The van der Waals surface area contributed by atoms with E-state index in [2.05, 4.69) is 25.2 Å². The highest BCUT2D eigenvalue weighted by Gasteiger charge is 2.38. The molecule has 1 amide bonds. The van der Waals surface area contributed by atoms with E-state index < -0.39 is 6.04 Å². The van der Waals surface area contributed by atoms with Crippen LogP contribution < -0.4 is 5.32 Å². The van der Waals surface area contributed by atoms with Crippen LogP contribution in [0, 0.1) is 0 Å². The molecule has 3 aromatic heterocycles. The molecule has 1 unspecified atom stereocenters. The summed E-state index contributed by atoms with van der Waals surface area (Å²) in [4.78, 5) is 26.9. The van der Waals surface area contributed by atoms with Crippen LogP contribution in [0.15, 0.2) is 47.6 Å². The third kappa shape index (κ3) is 3.89. The number of benzene rings is 1. The molecule has 9 heteroatoms. The number of pyridine rings is 1. The van der Waals surface area contributed by atoms with Crippen molar-refractivity contribution in [1.29, 1.82) is 0 Å². The minimum Gasteiger partial charge on any atom is -0.447 e. The van der Waals surface area contributed by atoms with Gasteiger partial charge in [-0.15, -0.1) is 0 Å². The van der Waals surface area contributed by atoms with Gasteiger partial charge in [-0.05, 0) is 32.0 Å². The van der Waals surface area contributed by atoms with Crippen molar-refractivity contribution < 1.29 is 13.9 Å². The Labute approximate surface area is 183 Å². The number of aromatic nitrogens is 3. The summed E-state index contributed by atoms with van der Waals surface area (Å²) in [5.74, 6) is 0.527. The standard InChI is InChI=1S/C22H22ClN5O3/c1-22(2)11-28(9-14-7-25-12-30-14)19(10-31-22)21(29)27-17-6-13(23)5-16-15-3-4-24-8-18(15)26-20(16)17/h3-8,12,19,26H,9-11H2,1-2H3,(H,27,29). The first-order valence-corrected chi connectivity index (χ1v) is 10.4. The van der Waals surface area contributed by atoms with E-state index in [1.165, 1.54) is 6.39 Å². The Bertz CT molecular complexity index is 1250. The third-order valence-corrected chi connectivity index (χ3v) is 5.75. The predicted octanol–water partition coefficient (Wildman–Crippen LogP) is 3.98. The van der Waals surface area contributed by atoms with Crippen molar-refractivity contribution >= 4 is 45.0 Å². The van der Waals surface area contributed by atoms with Crippen LogP contribution in [0.1, 0.15) is 19.6 Å². The highest BCUT2D eigenvalue weighted by atomic mass is 35.5. The highest BCUT2D eigenvalue weighted by molar-refractivity contribution is 6.33. The number of oxazole rings is 1. The molecular formula is C22H22ClN5O3. The van der Waals surface area contributed by atoms with E-state index in [4.69, 9.17) is 20.8 Å². The van der Waals surface area contributed by atoms with Crippen molar-refractivity contribution in [3.05, 3.63) is 54.0 Å². The first-order valence-electron chi connectivity index (χ1n) is 10.0. The Morgan fingerprint density at radius 2 is 2.19 bits per heavy atom. The maximum Gasteiger partial charge on any atom is 0.244 e. The first-order chi connectivity index (χ1) is 14.9. The van der Waals surface area contributed by atoms with E-state index in [0.717, 1.165) is 21.8 Å². The second kappa shape index (κ2) is 7.64. The van der Waals surface area contributed by atoms with Gasteiger partial charge in [0.1, 0.15) is 11.8 Å². The van der Waals surface area contributed by atoms with Crippen molar-refractivity contribution in [2.24, 2.45) is 0 Å². The normalized spacial score (nSPS) is 19.1. The van der Waals surface area contributed by atoms with Gasteiger partial charge in [-0.2, -0.15) is 0 Å². The number of morpholine rings is 1. The van der Waals surface area contributed by atoms with Crippen LogP contribution in [0.2, 0.25) is 5.02 Å². The summed E-state index contributed by atoms with van der Waals surface area (Å²) in [5.41, 5.74) is 1.93. The zero-order valence-electron chi connectivity index (χ0n) is 17.2. The van der Waals surface area contributed by atoms with Crippen molar-refractivity contribution in [2.75, 3.05) is 18.5 Å². The largest absolute Gasteiger partial charge is 0.447 e. The quantitative estimate of drug-likeness (QED) is 0.499. The van der Waals surface area contributed by atoms with Gasteiger partial charge in [0, 0.05) is 28.5 Å². The van der Waals surface area contributed by atoms with E-state index in [1.54, 1.807) is 24.7 Å². The van der Waals surface area contributed by atoms with Gasteiger partial charge in [0.2, 0.25) is 5.91 Å². The Morgan fingerprint density at radius 1 is 1.32 bits per heavy atom. The number of fused-ring (bicyclic) bond motifs is 3. The van der Waals surface area contributed by atoms with E-state index in [-0.39, 0.29) is 18.1 Å². The van der Waals surface area contributed by atoms with Crippen molar-refractivity contribution in [3.63, 3.8) is 0 Å². The molecule has 1 aromatic carbocycles. The number of nitrogens with zero attached hydrogens (tertiary/aromatic N) is 3. The Balaban J connectivity index is 1.46. The SMILES string of the molecule is CC1(C)CN(Cc2cnco2)C(C(=O)Nc2cc(Cl)cc3c2[nH]c2cnccc23)CO1. The molecule has 0 bridgehead atoms. The number of nitrogens with one attached hydrogen (secondary N) is 2. The Morgan fingerprint density at radius 3 is 3.00 bits per heavy atom. The highest BCUT2D eigenvalue weighted by Crippen LogP contribution is 2.33. The molecule has 1 aliphatic heterocycles. The van der Waals surface area contributed by atoms with E-state index in [9.17, 15) is 4.79 Å². The van der Waals surface area contributed by atoms with Gasteiger partial charge in [0.05, 0.1) is 47.9 Å². The monoisotopic (exact) mass is 439 g/mol. The molecule has 0 aliphatic carbocycles. The lowest BCUT2D eigenvalue weighted by Crippen LogP contribution is -2.57. The number of H-pyrrole nitrogens is 1. The van der Waals surface area contributed by atoms with Gasteiger partial charge in [-0.1, -0.05) is 11.6 Å². The van der Waals surface area contributed by atoms with Gasteiger partial charge in [-0.3, -0.25) is 14.7 Å². The number of ether oxygens (including phenoxy) is 1. The number of aromatic amines is 1. The molecule has 1 saturated heterocycles. The predicted molar refractivity (Wildman–Crippen MR) is 118 cm³/mol. The lowest BCUT2D eigenvalue weighted by molar-refractivity contribution is -0.144. The second-order valence-electron chi connectivity index (χ2n) is 8.37. The average Bonchev–Trinajstić information content (AvgIpc) is 3.35. The van der Waals surface area contributed by atoms with Crippen molar-refractivity contribution in [3.8, 4) is 0 Å². The van der Waals surface area contributed by atoms with Crippen molar-refractivity contribution in [1.82, 2.24) is 19.9 Å². The number of hydrogen-bond acceptors (Lipinski definition) is 6. The van der Waals surface area contributed by atoms with Crippen LogP contribution in [0.25, 0.3) is 21.8 Å². The Hall–Kier alpha value is -2.94. The fraction of sp³-hybridized carbons (Fsp3) is 0.318. The molecule has 1 aliphatic rings. The number of rotatable bonds is 4. The van der Waals surface area contributed by atoms with Gasteiger partial charge >= 0.3 is 0 Å². The summed E-state index contributed by atoms with van der Waals surface area (Å²) in [5, 5.41) is 5.52. The zero-order valence-corrected chi connectivity index (χ0v) is 17.9. The summed E-state index contributed by atoms with van der Waals surface area (Å²) < 4.78 is 11.4. The van der Waals surface area contributed by atoms with Gasteiger partial charge in [0.15, 0.2) is 6.39 Å². The van der Waals surface area contributed by atoms with Crippen LogP contribution in [-0.2, 0) is 16.1 Å². The number of carbonyl (C=O) groups is 1. The zero-order chi connectivity index (χ0) is 21.6. The molecular weight excluding hydrogens is 418 g/mol. The topological polar surface area (TPSA) is 96.3 Å². The van der Waals surface area contributed by atoms with Crippen LogP contribution in [0.5, 0.6) is 0 Å². The minimum absolute atomic E-state index is 0.171. The van der Waals surface area contributed by atoms with Gasteiger partial charge in [-0.25, -0.2) is 4.98 Å². The first kappa shape index (κ1) is 20.0.